The molecule has 0 saturated carbocycles. The van der Waals surface area contributed by atoms with Crippen molar-refractivity contribution >= 4 is 52.9 Å². The highest BCUT2D eigenvalue weighted by atomic mass is 35.5. The second-order valence-corrected chi connectivity index (χ2v) is 9.37. The number of methoxy groups -OCH3 is 1. The van der Waals surface area contributed by atoms with Crippen molar-refractivity contribution in [2.24, 2.45) is 5.10 Å². The molecular formula is C30H23Cl2N3O5. The Bertz CT molecular complexity index is 1620. The summed E-state index contributed by atoms with van der Waals surface area (Å²) in [5, 5.41) is 7.32. The minimum atomic E-state index is -0.509. The molecule has 2 amide bonds. The molecule has 0 unspecified atom stereocenters. The molecule has 0 aromatic heterocycles. The summed E-state index contributed by atoms with van der Waals surface area (Å²) < 4.78 is 10.8. The third-order valence-electron chi connectivity index (χ3n) is 5.58. The van der Waals surface area contributed by atoms with Crippen LogP contribution in [0.5, 0.6) is 11.5 Å². The number of aryl methyl sites for hydroxylation is 1. The summed E-state index contributed by atoms with van der Waals surface area (Å²) in [6, 6.07) is 22.8. The summed E-state index contributed by atoms with van der Waals surface area (Å²) in [5.74, 6) is -0.883. The van der Waals surface area contributed by atoms with Crippen molar-refractivity contribution in [1.29, 1.82) is 0 Å². The summed E-state index contributed by atoms with van der Waals surface area (Å²) in [7, 11) is 1.45. The van der Waals surface area contributed by atoms with Gasteiger partial charge in [-0.05, 0) is 79.2 Å². The molecule has 10 heteroatoms. The maximum atomic E-state index is 12.6. The zero-order chi connectivity index (χ0) is 28.6. The molecule has 8 nitrogen and oxygen atoms in total. The molecule has 0 aliphatic rings. The Kier molecular flexibility index (Phi) is 9.16. The van der Waals surface area contributed by atoms with Crippen LogP contribution >= 0.6 is 23.2 Å². The fourth-order valence-corrected chi connectivity index (χ4v) is 4.11. The molecule has 202 valence electrons. The van der Waals surface area contributed by atoms with Crippen molar-refractivity contribution in [3.8, 4) is 11.5 Å². The molecule has 0 aliphatic heterocycles. The van der Waals surface area contributed by atoms with Crippen molar-refractivity contribution in [1.82, 2.24) is 5.43 Å². The van der Waals surface area contributed by atoms with Gasteiger partial charge in [-0.25, -0.2) is 10.2 Å². The van der Waals surface area contributed by atoms with Gasteiger partial charge in [-0.15, -0.1) is 0 Å². The number of nitrogens with zero attached hydrogens (tertiary/aromatic N) is 1. The van der Waals surface area contributed by atoms with Gasteiger partial charge >= 0.3 is 5.97 Å². The van der Waals surface area contributed by atoms with Crippen LogP contribution in [0.4, 0.5) is 5.69 Å². The molecule has 4 aromatic rings. The van der Waals surface area contributed by atoms with Crippen LogP contribution < -0.4 is 20.2 Å². The van der Waals surface area contributed by atoms with Crippen molar-refractivity contribution < 1.29 is 23.9 Å². The van der Waals surface area contributed by atoms with Crippen LogP contribution in [0.2, 0.25) is 10.0 Å². The maximum absolute atomic E-state index is 12.6. The van der Waals surface area contributed by atoms with Crippen LogP contribution in [-0.2, 0) is 0 Å². The molecule has 2 N–H and O–H groups in total. The Morgan fingerprint density at radius 2 is 1.60 bits per heavy atom. The number of ether oxygens (including phenoxy) is 2. The van der Waals surface area contributed by atoms with Gasteiger partial charge < -0.3 is 14.8 Å². The van der Waals surface area contributed by atoms with Gasteiger partial charge in [0.2, 0.25) is 0 Å². The van der Waals surface area contributed by atoms with Crippen molar-refractivity contribution in [3.63, 3.8) is 0 Å². The smallest absolute Gasteiger partial charge is 0.343 e. The first-order chi connectivity index (χ1) is 19.2. The predicted octanol–water partition coefficient (Wildman–Crippen LogP) is 6.55. The van der Waals surface area contributed by atoms with E-state index in [1.54, 1.807) is 60.7 Å². The molecule has 40 heavy (non-hydrogen) atoms. The Morgan fingerprint density at radius 3 is 2.35 bits per heavy atom. The Labute approximate surface area is 240 Å². The number of hydrogen-bond donors (Lipinski definition) is 2. The van der Waals surface area contributed by atoms with E-state index >= 15 is 0 Å². The number of carbonyl (C=O) groups is 3. The van der Waals surface area contributed by atoms with Crippen molar-refractivity contribution in [2.75, 3.05) is 12.4 Å². The van der Waals surface area contributed by atoms with Gasteiger partial charge in [0, 0.05) is 16.3 Å². The molecule has 0 fully saturated rings. The average Bonchev–Trinajstić information content (AvgIpc) is 2.93. The van der Waals surface area contributed by atoms with Gasteiger partial charge in [-0.3, -0.25) is 9.59 Å². The van der Waals surface area contributed by atoms with Gasteiger partial charge in [-0.1, -0.05) is 47.0 Å². The number of hydrazone groups is 1. The molecule has 0 atom stereocenters. The third-order valence-corrected chi connectivity index (χ3v) is 6.13. The SMILES string of the molecule is COc1cc(C=NNC(=O)c2cccc(NC(=O)c3ccc(Cl)cc3Cl)c2)ccc1OC(=O)c1cccc(C)c1. The molecular weight excluding hydrogens is 553 g/mol. The van der Waals surface area contributed by atoms with E-state index < -0.39 is 17.8 Å². The van der Waals surface area contributed by atoms with E-state index in [1.807, 2.05) is 13.0 Å². The fourth-order valence-electron chi connectivity index (χ4n) is 3.62. The summed E-state index contributed by atoms with van der Waals surface area (Å²) in [6.07, 6.45) is 1.42. The lowest BCUT2D eigenvalue weighted by Gasteiger charge is -2.10. The second-order valence-electron chi connectivity index (χ2n) is 8.53. The Balaban J connectivity index is 1.38. The topological polar surface area (TPSA) is 106 Å². The summed E-state index contributed by atoms with van der Waals surface area (Å²) >= 11 is 12.0. The highest BCUT2D eigenvalue weighted by Gasteiger charge is 2.14. The number of benzene rings is 4. The molecule has 0 aliphatic carbocycles. The number of halogens is 2. The molecule has 0 spiro atoms. The van der Waals surface area contributed by atoms with Crippen LogP contribution in [-0.4, -0.2) is 31.1 Å². The first-order valence-electron chi connectivity index (χ1n) is 11.9. The van der Waals surface area contributed by atoms with Gasteiger partial charge in [0.1, 0.15) is 0 Å². The molecule has 0 bridgehead atoms. The highest BCUT2D eigenvalue weighted by Crippen LogP contribution is 2.28. The van der Waals surface area contributed by atoms with E-state index in [0.29, 0.717) is 27.6 Å². The van der Waals surface area contributed by atoms with Crippen LogP contribution in [0.1, 0.15) is 42.2 Å². The van der Waals surface area contributed by atoms with Crippen molar-refractivity contribution in [2.45, 2.75) is 6.92 Å². The van der Waals surface area contributed by atoms with E-state index in [9.17, 15) is 14.4 Å². The second kappa shape index (κ2) is 12.9. The quantitative estimate of drug-likeness (QED) is 0.107. The molecule has 4 aromatic carbocycles. The predicted molar refractivity (Wildman–Crippen MR) is 155 cm³/mol. The summed E-state index contributed by atoms with van der Waals surface area (Å²) in [4.78, 5) is 37.7. The standard InChI is InChI=1S/C30H23Cl2N3O5/c1-18-5-3-7-21(13-18)30(38)40-26-12-9-19(14-27(26)39-2)17-33-35-28(36)20-6-4-8-23(15-20)34-29(37)24-11-10-22(31)16-25(24)32/h3-17H,1-2H3,(H,34,37)(H,35,36). The van der Waals surface area contributed by atoms with Crippen LogP contribution in [0.25, 0.3) is 0 Å². The molecule has 4 rings (SSSR count). The first-order valence-corrected chi connectivity index (χ1v) is 12.7. The lowest BCUT2D eigenvalue weighted by atomic mass is 10.1. The zero-order valence-electron chi connectivity index (χ0n) is 21.4. The number of hydrogen-bond acceptors (Lipinski definition) is 6. The number of anilines is 1. The highest BCUT2D eigenvalue weighted by molar-refractivity contribution is 6.37. The normalized spacial score (nSPS) is 10.7. The van der Waals surface area contributed by atoms with E-state index in [2.05, 4.69) is 15.8 Å². The average molecular weight is 576 g/mol. The lowest BCUT2D eigenvalue weighted by Crippen LogP contribution is -2.18. The van der Waals surface area contributed by atoms with Crippen molar-refractivity contribution in [3.05, 3.63) is 123 Å². The minimum absolute atomic E-state index is 0.210. The van der Waals surface area contributed by atoms with Gasteiger partial charge in [0.25, 0.3) is 11.8 Å². The van der Waals surface area contributed by atoms with Crippen LogP contribution in [0.3, 0.4) is 0 Å². The lowest BCUT2D eigenvalue weighted by molar-refractivity contribution is 0.0729. The summed E-state index contributed by atoms with van der Waals surface area (Å²) in [5.41, 5.74) is 5.31. The van der Waals surface area contributed by atoms with E-state index in [1.165, 1.54) is 31.5 Å². The molecule has 0 heterocycles. The largest absolute Gasteiger partial charge is 0.493 e. The first kappa shape index (κ1) is 28.4. The number of nitrogens with one attached hydrogen (secondary N) is 2. The fraction of sp³-hybridized carbons (Fsp3) is 0.0667. The van der Waals surface area contributed by atoms with Crippen LogP contribution in [0.15, 0.2) is 90.0 Å². The van der Waals surface area contributed by atoms with E-state index in [4.69, 9.17) is 32.7 Å². The number of rotatable bonds is 8. The van der Waals surface area contributed by atoms with E-state index in [0.717, 1.165) is 5.56 Å². The van der Waals surface area contributed by atoms with Crippen LogP contribution in [0, 0.1) is 6.92 Å². The summed E-state index contributed by atoms with van der Waals surface area (Å²) in [6.45, 7) is 1.89. The molecule has 0 radical (unpaired) electrons. The monoisotopic (exact) mass is 575 g/mol. The Morgan fingerprint density at radius 1 is 0.825 bits per heavy atom. The number of amides is 2. The third kappa shape index (κ3) is 7.25. The molecule has 0 saturated heterocycles. The van der Waals surface area contributed by atoms with E-state index in [-0.39, 0.29) is 21.9 Å². The van der Waals surface area contributed by atoms with Gasteiger partial charge in [0.05, 0.1) is 29.5 Å². The van der Waals surface area contributed by atoms with Gasteiger partial charge in [0.15, 0.2) is 11.5 Å². The number of esters is 1. The van der Waals surface area contributed by atoms with Gasteiger partial charge in [-0.2, -0.15) is 5.10 Å². The number of carbonyl (C=O) groups excluding carboxylic acids is 3. The zero-order valence-corrected chi connectivity index (χ0v) is 22.9. The maximum Gasteiger partial charge on any atom is 0.343 e. The Hall–Kier alpha value is -4.66. The minimum Gasteiger partial charge on any atom is -0.493 e.